The number of hydrogen-bond donors (Lipinski definition) is 2. The maximum atomic E-state index is 12.5. The molecule has 168 valence electrons. The van der Waals surface area contributed by atoms with Crippen LogP contribution < -0.4 is 10.7 Å². The van der Waals surface area contributed by atoms with Crippen LogP contribution in [0.25, 0.3) is 0 Å². The first kappa shape index (κ1) is 23.1. The highest BCUT2D eigenvalue weighted by atomic mass is 32.1. The summed E-state index contributed by atoms with van der Waals surface area (Å²) in [5, 5.41) is 17.3. The maximum Gasteiger partial charge on any atom is 0.341 e. The number of anilines is 1. The van der Waals surface area contributed by atoms with Crippen molar-refractivity contribution < 1.29 is 24.0 Å². The van der Waals surface area contributed by atoms with Crippen molar-refractivity contribution in [1.82, 2.24) is 5.43 Å². The van der Waals surface area contributed by atoms with E-state index in [9.17, 15) is 24.5 Å². The molecule has 32 heavy (non-hydrogen) atoms. The van der Waals surface area contributed by atoms with Gasteiger partial charge in [0, 0.05) is 22.6 Å². The van der Waals surface area contributed by atoms with E-state index in [1.165, 1.54) is 35.8 Å². The highest BCUT2D eigenvalue weighted by Crippen LogP contribution is 2.40. The Morgan fingerprint density at radius 1 is 1.34 bits per heavy atom. The summed E-state index contributed by atoms with van der Waals surface area (Å²) in [5.41, 5.74) is 3.51. The lowest BCUT2D eigenvalue weighted by molar-refractivity contribution is -0.384. The molecular weight excluding hydrogens is 436 g/mol. The number of esters is 1. The minimum absolute atomic E-state index is 0.125. The standard InChI is InChI=1S/C21H22N4O6S/c1-3-31-21(28)17-15-8-7-12(2)9-16(15)32-20(17)23-18(26)19(27)24-22-11-13-5-4-6-14(10-13)25(29)30/h4-6,10-12H,3,7-9H2,1-2H3,(H,23,26)(H,24,27). The molecule has 3 rings (SSSR count). The van der Waals surface area contributed by atoms with Crippen LogP contribution in [0.15, 0.2) is 29.4 Å². The molecule has 1 aliphatic rings. The fourth-order valence-electron chi connectivity index (χ4n) is 3.35. The van der Waals surface area contributed by atoms with Gasteiger partial charge in [0.1, 0.15) is 5.00 Å². The molecule has 1 aromatic carbocycles. The number of fused-ring (bicyclic) bond motifs is 1. The van der Waals surface area contributed by atoms with Crippen molar-refractivity contribution in [3.8, 4) is 0 Å². The van der Waals surface area contributed by atoms with Gasteiger partial charge in [-0.15, -0.1) is 11.3 Å². The Bertz CT molecular complexity index is 1090. The Balaban J connectivity index is 1.71. The highest BCUT2D eigenvalue weighted by Gasteiger charge is 2.30. The zero-order chi connectivity index (χ0) is 23.3. The lowest BCUT2D eigenvalue weighted by Crippen LogP contribution is -2.32. The van der Waals surface area contributed by atoms with Crippen molar-refractivity contribution in [1.29, 1.82) is 0 Å². The second-order valence-corrected chi connectivity index (χ2v) is 8.39. The molecule has 10 nitrogen and oxygen atoms in total. The number of nitro groups is 1. The van der Waals surface area contributed by atoms with Gasteiger partial charge in [0.2, 0.25) is 0 Å². The molecule has 1 unspecified atom stereocenters. The van der Waals surface area contributed by atoms with E-state index in [0.717, 1.165) is 23.3 Å². The van der Waals surface area contributed by atoms with Crippen LogP contribution in [0.5, 0.6) is 0 Å². The van der Waals surface area contributed by atoms with Gasteiger partial charge in [0.25, 0.3) is 5.69 Å². The average Bonchev–Trinajstić information content (AvgIpc) is 3.10. The second kappa shape index (κ2) is 10.1. The van der Waals surface area contributed by atoms with Gasteiger partial charge in [-0.25, -0.2) is 10.2 Å². The lowest BCUT2D eigenvalue weighted by atomic mass is 9.88. The number of nitrogens with zero attached hydrogens (tertiary/aromatic N) is 2. The van der Waals surface area contributed by atoms with Crippen molar-refractivity contribution in [2.45, 2.75) is 33.1 Å². The first-order valence-corrected chi connectivity index (χ1v) is 10.8. The first-order chi connectivity index (χ1) is 15.3. The van der Waals surface area contributed by atoms with Crippen molar-refractivity contribution in [3.05, 3.63) is 55.9 Å². The first-order valence-electron chi connectivity index (χ1n) is 10.0. The molecular formula is C21H22N4O6S. The van der Waals surface area contributed by atoms with Gasteiger partial charge < -0.3 is 10.1 Å². The van der Waals surface area contributed by atoms with Crippen molar-refractivity contribution in [2.75, 3.05) is 11.9 Å². The predicted octanol–water partition coefficient (Wildman–Crippen LogP) is 3.05. The van der Waals surface area contributed by atoms with Crippen LogP contribution in [0.1, 0.15) is 46.6 Å². The number of amides is 2. The van der Waals surface area contributed by atoms with Crippen LogP contribution in [0.2, 0.25) is 0 Å². The van der Waals surface area contributed by atoms with E-state index in [1.807, 2.05) is 0 Å². The van der Waals surface area contributed by atoms with Crippen LogP contribution in [0.4, 0.5) is 10.7 Å². The van der Waals surface area contributed by atoms with Gasteiger partial charge in [0.05, 0.1) is 23.3 Å². The molecule has 1 aliphatic carbocycles. The number of nitro benzene ring substituents is 1. The van der Waals surface area contributed by atoms with Gasteiger partial charge in [-0.3, -0.25) is 19.7 Å². The molecule has 1 atom stereocenters. The minimum Gasteiger partial charge on any atom is -0.462 e. The molecule has 0 aliphatic heterocycles. The van der Waals surface area contributed by atoms with Crippen molar-refractivity contribution in [3.63, 3.8) is 0 Å². The summed E-state index contributed by atoms with van der Waals surface area (Å²) in [6.45, 7) is 4.02. The van der Waals surface area contributed by atoms with E-state index in [1.54, 1.807) is 13.0 Å². The molecule has 0 spiro atoms. The molecule has 0 radical (unpaired) electrons. The topological polar surface area (TPSA) is 140 Å². The predicted molar refractivity (Wildman–Crippen MR) is 119 cm³/mol. The number of hydrazone groups is 1. The van der Waals surface area contributed by atoms with Crippen molar-refractivity contribution >= 4 is 46.0 Å². The Labute approximate surface area is 187 Å². The van der Waals surface area contributed by atoms with E-state index in [-0.39, 0.29) is 17.3 Å². The van der Waals surface area contributed by atoms with Gasteiger partial charge in [-0.05, 0) is 37.7 Å². The largest absolute Gasteiger partial charge is 0.462 e. The van der Waals surface area contributed by atoms with Gasteiger partial charge in [-0.1, -0.05) is 19.1 Å². The third kappa shape index (κ3) is 5.35. The second-order valence-electron chi connectivity index (χ2n) is 7.28. The van der Waals surface area contributed by atoms with Crippen molar-refractivity contribution in [2.24, 2.45) is 11.0 Å². The number of thiophene rings is 1. The van der Waals surface area contributed by atoms with E-state index in [2.05, 4.69) is 22.8 Å². The molecule has 2 N–H and O–H groups in total. The SMILES string of the molecule is CCOC(=O)c1c(NC(=O)C(=O)NN=Cc2cccc([N+](=O)[O-])c2)sc2c1CCC(C)C2. The fourth-order valence-corrected chi connectivity index (χ4v) is 4.75. The Morgan fingerprint density at radius 3 is 2.84 bits per heavy atom. The zero-order valence-electron chi connectivity index (χ0n) is 17.5. The van der Waals surface area contributed by atoms with E-state index >= 15 is 0 Å². The Morgan fingerprint density at radius 2 is 2.12 bits per heavy atom. The van der Waals surface area contributed by atoms with Gasteiger partial charge in [-0.2, -0.15) is 5.10 Å². The third-order valence-electron chi connectivity index (χ3n) is 4.89. The van der Waals surface area contributed by atoms with Crippen LogP contribution in [0.3, 0.4) is 0 Å². The number of rotatable bonds is 6. The molecule has 0 saturated carbocycles. The molecule has 0 fully saturated rings. The summed E-state index contributed by atoms with van der Waals surface area (Å²) in [6.07, 6.45) is 3.61. The zero-order valence-corrected chi connectivity index (χ0v) is 18.4. The molecule has 1 aromatic heterocycles. The monoisotopic (exact) mass is 458 g/mol. The smallest absolute Gasteiger partial charge is 0.341 e. The van der Waals surface area contributed by atoms with Crippen LogP contribution >= 0.6 is 11.3 Å². The third-order valence-corrected chi connectivity index (χ3v) is 6.06. The molecule has 11 heteroatoms. The molecule has 0 bridgehead atoms. The molecule has 1 heterocycles. The molecule has 2 aromatic rings. The number of non-ortho nitro benzene ring substituents is 1. The Kier molecular flexibility index (Phi) is 7.31. The molecule has 2 amide bonds. The van der Waals surface area contributed by atoms with E-state index in [4.69, 9.17) is 4.74 Å². The Hall–Kier alpha value is -3.60. The summed E-state index contributed by atoms with van der Waals surface area (Å²) in [6, 6.07) is 5.64. The summed E-state index contributed by atoms with van der Waals surface area (Å²) < 4.78 is 5.15. The maximum absolute atomic E-state index is 12.5. The summed E-state index contributed by atoms with van der Waals surface area (Å²) in [7, 11) is 0. The van der Waals surface area contributed by atoms with Crippen LogP contribution in [0, 0.1) is 16.0 Å². The fraction of sp³-hybridized carbons (Fsp3) is 0.333. The highest BCUT2D eigenvalue weighted by molar-refractivity contribution is 7.17. The number of benzene rings is 1. The summed E-state index contributed by atoms with van der Waals surface area (Å²) >= 11 is 1.28. The number of nitrogens with one attached hydrogen (secondary N) is 2. The van der Waals surface area contributed by atoms with E-state index in [0.29, 0.717) is 23.5 Å². The quantitative estimate of drug-likeness (QED) is 0.224. The van der Waals surface area contributed by atoms with E-state index < -0.39 is 22.7 Å². The number of carbonyl (C=O) groups is 3. The van der Waals surface area contributed by atoms with Crippen LogP contribution in [-0.2, 0) is 27.2 Å². The minimum atomic E-state index is -1.04. The van der Waals surface area contributed by atoms with Crippen LogP contribution in [-0.4, -0.2) is 35.5 Å². The summed E-state index contributed by atoms with van der Waals surface area (Å²) in [4.78, 5) is 48.3. The number of ether oxygens (including phenoxy) is 1. The summed E-state index contributed by atoms with van der Waals surface area (Å²) in [5.74, 6) is -2.09. The number of carbonyl (C=O) groups excluding carboxylic acids is 3. The number of hydrogen-bond acceptors (Lipinski definition) is 8. The normalized spacial score (nSPS) is 15.1. The van der Waals surface area contributed by atoms with Gasteiger partial charge >= 0.3 is 17.8 Å². The molecule has 0 saturated heterocycles. The lowest BCUT2D eigenvalue weighted by Gasteiger charge is -2.18. The van der Waals surface area contributed by atoms with Gasteiger partial charge in [0.15, 0.2) is 0 Å². The average molecular weight is 458 g/mol.